The van der Waals surface area contributed by atoms with Crippen LogP contribution in [0.4, 0.5) is 0 Å². The van der Waals surface area contributed by atoms with Gasteiger partial charge < -0.3 is 9.47 Å². The van der Waals surface area contributed by atoms with Gasteiger partial charge in [0.15, 0.2) is 11.9 Å². The molecule has 0 N–H and O–H groups in total. The van der Waals surface area contributed by atoms with Gasteiger partial charge in [-0.25, -0.2) is 4.89 Å². The van der Waals surface area contributed by atoms with Crippen LogP contribution in [-0.2, 0) is 25.0 Å². The Balaban J connectivity index is 1.74. The average molecular weight is 290 g/mol. The van der Waals surface area contributed by atoms with Crippen LogP contribution in [0.2, 0.25) is 0 Å². The Bertz CT molecular complexity index is 501. The van der Waals surface area contributed by atoms with E-state index in [0.717, 1.165) is 37.7 Å². The number of rotatable bonds is 2. The van der Waals surface area contributed by atoms with E-state index in [4.69, 9.17) is 19.2 Å². The Kier molecular flexibility index (Phi) is 3.30. The Labute approximate surface area is 125 Å². The lowest BCUT2D eigenvalue weighted by Gasteiger charge is -2.49. The summed E-state index contributed by atoms with van der Waals surface area (Å²) in [7, 11) is 1.70. The molecule has 4 atom stereocenters. The molecule has 3 saturated heterocycles. The predicted molar refractivity (Wildman–Crippen MR) is 76.1 cm³/mol. The second kappa shape index (κ2) is 5.06. The van der Waals surface area contributed by atoms with Gasteiger partial charge in [0, 0.05) is 19.1 Å². The first-order valence-electron chi connectivity index (χ1n) is 7.92. The van der Waals surface area contributed by atoms with E-state index in [1.807, 2.05) is 30.3 Å². The number of benzene rings is 1. The van der Waals surface area contributed by atoms with Gasteiger partial charge in [-0.15, -0.1) is 0 Å². The van der Waals surface area contributed by atoms with Crippen LogP contribution in [0.15, 0.2) is 30.3 Å². The van der Waals surface area contributed by atoms with Crippen molar-refractivity contribution in [2.24, 2.45) is 5.92 Å². The molecule has 114 valence electrons. The van der Waals surface area contributed by atoms with Crippen LogP contribution in [0.1, 0.15) is 44.1 Å². The normalized spacial score (nSPS) is 42.3. The molecule has 1 spiro atoms. The molecule has 1 saturated carbocycles. The molecule has 1 aliphatic carbocycles. The molecule has 4 heteroatoms. The van der Waals surface area contributed by atoms with Gasteiger partial charge in [-0.2, -0.15) is 4.89 Å². The maximum atomic E-state index is 6.32. The smallest absolute Gasteiger partial charge is 0.230 e. The van der Waals surface area contributed by atoms with Crippen LogP contribution < -0.4 is 0 Å². The molecule has 2 bridgehead atoms. The zero-order valence-electron chi connectivity index (χ0n) is 12.4. The highest BCUT2D eigenvalue weighted by atomic mass is 17.3. The average Bonchev–Trinajstić information content (AvgIpc) is 2.81. The van der Waals surface area contributed by atoms with Gasteiger partial charge in [0.25, 0.3) is 0 Å². The summed E-state index contributed by atoms with van der Waals surface area (Å²) in [6.07, 6.45) is 6.00. The SMILES string of the molecule is CO[C@H]1O[C@]2(c3ccccc3)CC[C@H]3CCCCC31OO2. The van der Waals surface area contributed by atoms with E-state index in [1.54, 1.807) is 7.11 Å². The first-order chi connectivity index (χ1) is 10.3. The first kappa shape index (κ1) is 13.7. The number of hydrogen-bond donors (Lipinski definition) is 0. The molecule has 4 fully saturated rings. The van der Waals surface area contributed by atoms with E-state index in [-0.39, 0.29) is 6.29 Å². The second-order valence-corrected chi connectivity index (χ2v) is 6.41. The predicted octanol–water partition coefficient (Wildman–Crippen LogP) is 3.51. The van der Waals surface area contributed by atoms with Crippen molar-refractivity contribution in [1.29, 1.82) is 0 Å². The summed E-state index contributed by atoms with van der Waals surface area (Å²) in [6.45, 7) is 0. The standard InChI is InChI=1S/C17H22O4/c1-18-15-16-11-6-5-7-13(16)10-12-17(19-15,21-20-16)14-8-3-2-4-9-14/h2-4,8-9,13,15H,5-7,10-12H2,1H3/t13-,15+,16?,17-/m1/s1. The van der Waals surface area contributed by atoms with Crippen molar-refractivity contribution in [3.8, 4) is 0 Å². The summed E-state index contributed by atoms with van der Waals surface area (Å²) in [5, 5.41) is 0. The molecule has 5 rings (SSSR count). The third kappa shape index (κ3) is 1.97. The lowest BCUT2D eigenvalue weighted by Crippen LogP contribution is -2.59. The molecule has 21 heavy (non-hydrogen) atoms. The van der Waals surface area contributed by atoms with Crippen molar-refractivity contribution in [1.82, 2.24) is 0 Å². The molecule has 0 radical (unpaired) electrons. The van der Waals surface area contributed by atoms with Crippen molar-refractivity contribution >= 4 is 0 Å². The number of methoxy groups -OCH3 is 1. The molecule has 0 amide bonds. The summed E-state index contributed by atoms with van der Waals surface area (Å²) in [5.41, 5.74) is 0.572. The van der Waals surface area contributed by atoms with Gasteiger partial charge in [0.2, 0.25) is 5.79 Å². The minimum atomic E-state index is -0.829. The second-order valence-electron chi connectivity index (χ2n) is 6.41. The van der Waals surface area contributed by atoms with Gasteiger partial charge in [0.05, 0.1) is 0 Å². The maximum Gasteiger partial charge on any atom is 0.230 e. The van der Waals surface area contributed by atoms with E-state index < -0.39 is 11.4 Å². The number of hydrogen-bond acceptors (Lipinski definition) is 4. The summed E-state index contributed by atoms with van der Waals surface area (Å²) < 4.78 is 12.0. The molecular weight excluding hydrogens is 268 g/mol. The molecule has 4 aliphatic rings. The molecule has 3 heterocycles. The Morgan fingerprint density at radius 2 is 1.90 bits per heavy atom. The minimum absolute atomic E-state index is 0.362. The van der Waals surface area contributed by atoms with E-state index in [9.17, 15) is 0 Å². The van der Waals surface area contributed by atoms with Crippen molar-refractivity contribution in [3.05, 3.63) is 35.9 Å². The Morgan fingerprint density at radius 1 is 1.05 bits per heavy atom. The fourth-order valence-corrected chi connectivity index (χ4v) is 4.19. The first-order valence-corrected chi connectivity index (χ1v) is 7.92. The summed E-state index contributed by atoms with van der Waals surface area (Å²) in [4.78, 5) is 11.9. The van der Waals surface area contributed by atoms with Gasteiger partial charge in [-0.3, -0.25) is 0 Å². The zero-order valence-corrected chi connectivity index (χ0v) is 12.4. The lowest BCUT2D eigenvalue weighted by molar-refractivity contribution is -0.558. The van der Waals surface area contributed by atoms with E-state index >= 15 is 0 Å². The van der Waals surface area contributed by atoms with Crippen molar-refractivity contribution < 1.29 is 19.2 Å². The van der Waals surface area contributed by atoms with E-state index in [2.05, 4.69) is 0 Å². The zero-order chi connectivity index (χ0) is 14.3. The van der Waals surface area contributed by atoms with Crippen LogP contribution in [0.25, 0.3) is 0 Å². The van der Waals surface area contributed by atoms with Crippen LogP contribution >= 0.6 is 0 Å². The largest absolute Gasteiger partial charge is 0.353 e. The maximum absolute atomic E-state index is 6.32. The van der Waals surface area contributed by atoms with E-state index in [1.165, 1.54) is 6.42 Å². The Hall–Kier alpha value is -0.940. The molecule has 1 aromatic carbocycles. The van der Waals surface area contributed by atoms with Crippen molar-refractivity contribution in [2.45, 2.75) is 56.2 Å². The monoisotopic (exact) mass is 290 g/mol. The molecule has 1 unspecified atom stereocenters. The highest BCUT2D eigenvalue weighted by Gasteiger charge is 2.61. The topological polar surface area (TPSA) is 36.9 Å². The summed E-state index contributed by atoms with van der Waals surface area (Å²) in [5.74, 6) is -0.380. The van der Waals surface area contributed by atoms with Gasteiger partial charge in [-0.05, 0) is 25.2 Å². The fraction of sp³-hybridized carbons (Fsp3) is 0.647. The van der Waals surface area contributed by atoms with Crippen LogP contribution in [0.3, 0.4) is 0 Å². The van der Waals surface area contributed by atoms with Crippen LogP contribution in [-0.4, -0.2) is 19.0 Å². The summed E-state index contributed by atoms with van der Waals surface area (Å²) in [6, 6.07) is 10.1. The molecule has 0 aromatic heterocycles. The minimum Gasteiger partial charge on any atom is -0.353 e. The highest BCUT2D eigenvalue weighted by Crippen LogP contribution is 2.54. The van der Waals surface area contributed by atoms with Crippen LogP contribution in [0, 0.1) is 5.92 Å². The van der Waals surface area contributed by atoms with Gasteiger partial charge >= 0.3 is 0 Å². The third-order valence-corrected chi connectivity index (χ3v) is 5.34. The fourth-order valence-electron chi connectivity index (χ4n) is 4.19. The molecule has 1 aromatic rings. The summed E-state index contributed by atoms with van der Waals surface area (Å²) >= 11 is 0. The lowest BCUT2D eigenvalue weighted by atomic mass is 9.73. The third-order valence-electron chi connectivity index (χ3n) is 5.34. The van der Waals surface area contributed by atoms with Crippen LogP contribution in [0.5, 0.6) is 0 Å². The van der Waals surface area contributed by atoms with Gasteiger partial charge in [0.1, 0.15) is 0 Å². The van der Waals surface area contributed by atoms with Crippen molar-refractivity contribution in [2.75, 3.05) is 7.11 Å². The molecule has 4 nitrogen and oxygen atoms in total. The molecule has 3 aliphatic heterocycles. The van der Waals surface area contributed by atoms with E-state index in [0.29, 0.717) is 5.92 Å². The molecular formula is C17H22O4. The Morgan fingerprint density at radius 3 is 2.71 bits per heavy atom. The number of ether oxygens (including phenoxy) is 2. The van der Waals surface area contributed by atoms with Crippen molar-refractivity contribution in [3.63, 3.8) is 0 Å². The van der Waals surface area contributed by atoms with Gasteiger partial charge in [-0.1, -0.05) is 43.2 Å². The quantitative estimate of drug-likeness (QED) is 0.781. The number of fused-ring (bicyclic) bond motifs is 3. The highest BCUT2D eigenvalue weighted by molar-refractivity contribution is 5.21.